The number of hydrogen-bond donors (Lipinski definition) is 1. The molecule has 5 nitrogen and oxygen atoms in total. The molecule has 0 atom stereocenters. The minimum Gasteiger partial charge on any atom is -0.369 e. The lowest BCUT2D eigenvalue weighted by Gasteiger charge is -2.26. The van der Waals surface area contributed by atoms with E-state index in [1.165, 1.54) is 6.42 Å². The first kappa shape index (κ1) is 14.6. The van der Waals surface area contributed by atoms with Crippen LogP contribution in [0.15, 0.2) is 6.07 Å². The van der Waals surface area contributed by atoms with Crippen molar-refractivity contribution >= 4 is 23.3 Å². The molecule has 1 aromatic rings. The fraction of sp³-hybridized carbons (Fsp3) is 0.667. The van der Waals surface area contributed by atoms with Crippen LogP contribution in [-0.2, 0) is 4.79 Å². The maximum Gasteiger partial charge on any atom is 0.224 e. The molecule has 1 saturated heterocycles. The van der Waals surface area contributed by atoms with Gasteiger partial charge in [-0.25, -0.2) is 9.97 Å². The molecule has 114 valence electrons. The van der Waals surface area contributed by atoms with E-state index in [1.807, 2.05) is 4.90 Å². The Hall–Kier alpha value is -1.36. The van der Waals surface area contributed by atoms with Crippen molar-refractivity contribution in [2.24, 2.45) is 0 Å². The number of halogens is 1. The predicted octanol–water partition coefficient (Wildman–Crippen LogP) is 2.82. The fourth-order valence-corrected chi connectivity index (χ4v) is 2.84. The van der Waals surface area contributed by atoms with Gasteiger partial charge in [-0.15, -0.1) is 0 Å². The second kappa shape index (κ2) is 6.60. The number of rotatable bonds is 5. The van der Waals surface area contributed by atoms with Crippen LogP contribution in [0.3, 0.4) is 0 Å². The summed E-state index contributed by atoms with van der Waals surface area (Å²) < 4.78 is 0. The zero-order chi connectivity index (χ0) is 14.7. The number of carbonyl (C=O) groups excluding carboxylic acids is 1. The number of aromatic nitrogens is 2. The topological polar surface area (TPSA) is 58.1 Å². The zero-order valence-corrected chi connectivity index (χ0v) is 12.9. The van der Waals surface area contributed by atoms with E-state index in [0.717, 1.165) is 50.4 Å². The minimum absolute atomic E-state index is 0.227. The summed E-state index contributed by atoms with van der Waals surface area (Å²) >= 11 is 6.02. The first-order valence-electron chi connectivity index (χ1n) is 7.78. The molecule has 1 saturated carbocycles. The largest absolute Gasteiger partial charge is 0.369 e. The standard InChI is InChI=1S/C15H21ClN4O/c16-12-10-13(19-15(18-12)11-4-5-11)17-7-6-14(21)20-8-2-1-3-9-20/h10-11H,1-9H2,(H,17,18,19). The molecule has 1 amide bonds. The highest BCUT2D eigenvalue weighted by atomic mass is 35.5. The molecule has 2 aliphatic rings. The third kappa shape index (κ3) is 4.06. The monoisotopic (exact) mass is 308 g/mol. The quantitative estimate of drug-likeness (QED) is 0.850. The molecule has 2 heterocycles. The van der Waals surface area contributed by atoms with Gasteiger partial charge in [-0.3, -0.25) is 4.79 Å². The van der Waals surface area contributed by atoms with E-state index in [0.29, 0.717) is 24.0 Å². The van der Waals surface area contributed by atoms with Gasteiger partial charge in [0.25, 0.3) is 0 Å². The Bertz CT molecular complexity index is 512. The molecule has 21 heavy (non-hydrogen) atoms. The highest BCUT2D eigenvalue weighted by Gasteiger charge is 2.27. The Morgan fingerprint density at radius 1 is 1.29 bits per heavy atom. The van der Waals surface area contributed by atoms with Gasteiger partial charge >= 0.3 is 0 Å². The maximum atomic E-state index is 12.1. The molecule has 0 spiro atoms. The Morgan fingerprint density at radius 2 is 2.05 bits per heavy atom. The molecule has 1 aromatic heterocycles. The molecule has 0 bridgehead atoms. The second-order valence-corrected chi connectivity index (χ2v) is 6.21. The van der Waals surface area contributed by atoms with Gasteiger partial charge < -0.3 is 10.2 Å². The Labute approximate surface area is 130 Å². The van der Waals surface area contributed by atoms with Crippen molar-refractivity contribution in [1.29, 1.82) is 0 Å². The summed E-state index contributed by atoms with van der Waals surface area (Å²) in [5.41, 5.74) is 0. The third-order valence-electron chi connectivity index (χ3n) is 4.01. The van der Waals surface area contributed by atoms with Crippen molar-refractivity contribution in [2.75, 3.05) is 25.0 Å². The van der Waals surface area contributed by atoms with Crippen LogP contribution in [0.25, 0.3) is 0 Å². The van der Waals surface area contributed by atoms with Crippen LogP contribution in [0.2, 0.25) is 5.15 Å². The third-order valence-corrected chi connectivity index (χ3v) is 4.20. The number of piperidine rings is 1. The van der Waals surface area contributed by atoms with Crippen molar-refractivity contribution < 1.29 is 4.79 Å². The summed E-state index contributed by atoms with van der Waals surface area (Å²) in [7, 11) is 0. The van der Waals surface area contributed by atoms with Crippen LogP contribution in [0, 0.1) is 0 Å². The van der Waals surface area contributed by atoms with Crippen LogP contribution >= 0.6 is 11.6 Å². The van der Waals surface area contributed by atoms with E-state index in [-0.39, 0.29) is 5.91 Å². The number of hydrogen-bond acceptors (Lipinski definition) is 4. The van der Waals surface area contributed by atoms with Crippen LogP contribution in [0.1, 0.15) is 50.3 Å². The zero-order valence-electron chi connectivity index (χ0n) is 12.1. The molecule has 0 radical (unpaired) electrons. The number of anilines is 1. The van der Waals surface area contributed by atoms with Crippen molar-refractivity contribution in [3.05, 3.63) is 17.0 Å². The molecular formula is C15H21ClN4O. The molecule has 1 aliphatic heterocycles. The Kier molecular flexibility index (Phi) is 4.58. The SMILES string of the molecule is O=C(CCNc1cc(Cl)nc(C2CC2)n1)N1CCCCC1. The Morgan fingerprint density at radius 3 is 2.76 bits per heavy atom. The molecule has 1 N–H and O–H groups in total. The van der Waals surface area contributed by atoms with Crippen molar-refractivity contribution in [3.8, 4) is 0 Å². The first-order valence-corrected chi connectivity index (χ1v) is 8.16. The summed E-state index contributed by atoms with van der Waals surface area (Å²) in [4.78, 5) is 22.8. The number of nitrogens with zero attached hydrogens (tertiary/aromatic N) is 3. The van der Waals surface area contributed by atoms with Crippen molar-refractivity contribution in [2.45, 2.75) is 44.4 Å². The van der Waals surface area contributed by atoms with Gasteiger partial charge in [0.2, 0.25) is 5.91 Å². The average molecular weight is 309 g/mol. The lowest BCUT2D eigenvalue weighted by Crippen LogP contribution is -2.36. The number of nitrogens with one attached hydrogen (secondary N) is 1. The van der Waals surface area contributed by atoms with Crippen LogP contribution in [-0.4, -0.2) is 40.4 Å². The van der Waals surface area contributed by atoms with E-state index in [1.54, 1.807) is 6.07 Å². The molecule has 0 aromatic carbocycles. The van der Waals surface area contributed by atoms with Crippen LogP contribution in [0.4, 0.5) is 5.82 Å². The van der Waals surface area contributed by atoms with Gasteiger partial charge in [-0.1, -0.05) is 11.6 Å². The first-order chi connectivity index (χ1) is 10.2. The van der Waals surface area contributed by atoms with Crippen LogP contribution in [0.5, 0.6) is 0 Å². The minimum atomic E-state index is 0.227. The van der Waals surface area contributed by atoms with Gasteiger partial charge in [0, 0.05) is 38.0 Å². The normalized spacial score (nSPS) is 18.6. The van der Waals surface area contributed by atoms with Gasteiger partial charge in [-0.05, 0) is 32.1 Å². The molecule has 3 rings (SSSR count). The molecule has 2 fully saturated rings. The Balaban J connectivity index is 1.49. The highest BCUT2D eigenvalue weighted by molar-refractivity contribution is 6.29. The molecule has 1 aliphatic carbocycles. The molecular weight excluding hydrogens is 288 g/mol. The summed E-state index contributed by atoms with van der Waals surface area (Å²) in [5, 5.41) is 3.66. The lowest BCUT2D eigenvalue weighted by molar-refractivity contribution is -0.131. The van der Waals surface area contributed by atoms with Gasteiger partial charge in [0.05, 0.1) is 0 Å². The number of carbonyl (C=O) groups is 1. The van der Waals surface area contributed by atoms with E-state index in [9.17, 15) is 4.79 Å². The lowest BCUT2D eigenvalue weighted by atomic mass is 10.1. The van der Waals surface area contributed by atoms with Crippen molar-refractivity contribution in [3.63, 3.8) is 0 Å². The summed E-state index contributed by atoms with van der Waals surface area (Å²) in [6.45, 7) is 2.40. The van der Waals surface area contributed by atoms with E-state index >= 15 is 0 Å². The van der Waals surface area contributed by atoms with E-state index in [4.69, 9.17) is 11.6 Å². The van der Waals surface area contributed by atoms with Gasteiger partial charge in [-0.2, -0.15) is 0 Å². The van der Waals surface area contributed by atoms with Gasteiger partial charge in [0.1, 0.15) is 16.8 Å². The summed E-state index contributed by atoms with van der Waals surface area (Å²) in [6.07, 6.45) is 6.29. The van der Waals surface area contributed by atoms with Crippen molar-refractivity contribution in [1.82, 2.24) is 14.9 Å². The van der Waals surface area contributed by atoms with E-state index < -0.39 is 0 Å². The average Bonchev–Trinajstić information content (AvgIpc) is 3.32. The maximum absolute atomic E-state index is 12.1. The number of likely N-dealkylation sites (tertiary alicyclic amines) is 1. The highest BCUT2D eigenvalue weighted by Crippen LogP contribution is 2.38. The fourth-order valence-electron chi connectivity index (χ4n) is 2.65. The smallest absolute Gasteiger partial charge is 0.224 e. The second-order valence-electron chi connectivity index (χ2n) is 5.83. The molecule has 6 heteroatoms. The predicted molar refractivity (Wildman–Crippen MR) is 82.6 cm³/mol. The summed E-state index contributed by atoms with van der Waals surface area (Å²) in [6, 6.07) is 1.72. The van der Waals surface area contributed by atoms with E-state index in [2.05, 4.69) is 15.3 Å². The van der Waals surface area contributed by atoms with Gasteiger partial charge in [0.15, 0.2) is 0 Å². The molecule has 0 unspecified atom stereocenters. The summed E-state index contributed by atoms with van der Waals surface area (Å²) in [5.74, 6) is 2.25. The van der Waals surface area contributed by atoms with Crippen LogP contribution < -0.4 is 5.32 Å². The number of amides is 1.